The number of hydrogen-bond donors (Lipinski definition) is 2. The number of anilines is 1. The van der Waals surface area contributed by atoms with Crippen molar-refractivity contribution in [3.8, 4) is 11.8 Å². The molecule has 1 aliphatic heterocycles. The molecule has 0 fully saturated rings. The number of hydrogen-bond acceptors (Lipinski definition) is 4. The molecule has 2 N–H and O–H groups in total. The smallest absolute Gasteiger partial charge is 0.227 e. The van der Waals surface area contributed by atoms with Crippen molar-refractivity contribution in [1.29, 1.82) is 0 Å². The van der Waals surface area contributed by atoms with Gasteiger partial charge in [0.25, 0.3) is 0 Å². The van der Waals surface area contributed by atoms with E-state index >= 15 is 0 Å². The highest BCUT2D eigenvalue weighted by molar-refractivity contribution is 5.96. The van der Waals surface area contributed by atoms with Crippen LogP contribution < -0.4 is 15.5 Å². The standard InChI is InChI=1S/C26H29N3O4/c1-27-24(30)15-18-33-17-6-16-28-25(31)13-14-26(32)29-19-22-9-3-2-7-20(22)11-12-21-8-4-5-10-23(21)29/h2-5,7-10H,6,13-19H2,1H3,(H,27,30)(H,28,31). The van der Waals surface area contributed by atoms with Gasteiger partial charge < -0.3 is 20.3 Å². The Morgan fingerprint density at radius 2 is 1.64 bits per heavy atom. The minimum atomic E-state index is -0.172. The van der Waals surface area contributed by atoms with Crippen LogP contribution in [0.25, 0.3) is 0 Å². The Hall–Kier alpha value is -3.63. The number of ether oxygens (including phenoxy) is 1. The van der Waals surface area contributed by atoms with E-state index in [-0.39, 0.29) is 30.6 Å². The van der Waals surface area contributed by atoms with Gasteiger partial charge in [-0.05, 0) is 30.2 Å². The van der Waals surface area contributed by atoms with E-state index in [4.69, 9.17) is 4.74 Å². The first-order valence-electron chi connectivity index (χ1n) is 11.1. The molecule has 0 unspecified atom stereocenters. The highest BCUT2D eigenvalue weighted by Crippen LogP contribution is 2.26. The van der Waals surface area contributed by atoms with Crippen molar-refractivity contribution in [2.45, 2.75) is 32.2 Å². The summed E-state index contributed by atoms with van der Waals surface area (Å²) >= 11 is 0. The van der Waals surface area contributed by atoms with Crippen molar-refractivity contribution >= 4 is 23.4 Å². The van der Waals surface area contributed by atoms with E-state index in [1.165, 1.54) is 0 Å². The number of fused-ring (bicyclic) bond motifs is 2. The molecule has 1 aliphatic rings. The fourth-order valence-corrected chi connectivity index (χ4v) is 3.45. The largest absolute Gasteiger partial charge is 0.381 e. The lowest BCUT2D eigenvalue weighted by atomic mass is 10.0. The van der Waals surface area contributed by atoms with Gasteiger partial charge in [0.2, 0.25) is 17.7 Å². The molecule has 7 heteroatoms. The molecular weight excluding hydrogens is 418 g/mol. The summed E-state index contributed by atoms with van der Waals surface area (Å²) < 4.78 is 5.37. The summed E-state index contributed by atoms with van der Waals surface area (Å²) in [5.41, 5.74) is 3.44. The Labute approximate surface area is 194 Å². The zero-order chi connectivity index (χ0) is 23.5. The third-order valence-electron chi connectivity index (χ3n) is 5.28. The van der Waals surface area contributed by atoms with Gasteiger partial charge in [-0.2, -0.15) is 0 Å². The van der Waals surface area contributed by atoms with Crippen LogP contribution in [0, 0.1) is 11.8 Å². The predicted molar refractivity (Wildman–Crippen MR) is 126 cm³/mol. The average molecular weight is 448 g/mol. The van der Waals surface area contributed by atoms with Crippen LogP contribution in [-0.4, -0.2) is 44.5 Å². The van der Waals surface area contributed by atoms with Crippen LogP contribution >= 0.6 is 0 Å². The first-order valence-corrected chi connectivity index (χ1v) is 11.1. The first kappa shape index (κ1) is 24.0. The fourth-order valence-electron chi connectivity index (χ4n) is 3.45. The highest BCUT2D eigenvalue weighted by atomic mass is 16.5. The van der Waals surface area contributed by atoms with Crippen molar-refractivity contribution < 1.29 is 19.1 Å². The van der Waals surface area contributed by atoms with Gasteiger partial charge in [-0.3, -0.25) is 14.4 Å². The summed E-state index contributed by atoms with van der Waals surface area (Å²) in [6.45, 7) is 1.69. The van der Waals surface area contributed by atoms with E-state index < -0.39 is 0 Å². The molecule has 3 amide bonds. The zero-order valence-corrected chi connectivity index (χ0v) is 18.9. The minimum absolute atomic E-state index is 0.0637. The van der Waals surface area contributed by atoms with Crippen molar-refractivity contribution in [2.75, 3.05) is 31.7 Å². The molecule has 2 aromatic carbocycles. The van der Waals surface area contributed by atoms with Gasteiger partial charge in [-0.1, -0.05) is 42.2 Å². The lowest BCUT2D eigenvalue weighted by Gasteiger charge is -2.26. The molecule has 33 heavy (non-hydrogen) atoms. The Kier molecular flexibility index (Phi) is 9.04. The molecule has 0 bridgehead atoms. The summed E-state index contributed by atoms with van der Waals surface area (Å²) in [6, 6.07) is 15.4. The number of carbonyl (C=O) groups is 3. The molecule has 7 nitrogen and oxygen atoms in total. The van der Waals surface area contributed by atoms with E-state index in [1.807, 2.05) is 48.5 Å². The fraction of sp³-hybridized carbons (Fsp3) is 0.346. The van der Waals surface area contributed by atoms with Crippen LogP contribution in [0.5, 0.6) is 0 Å². The molecule has 0 aliphatic carbocycles. The van der Waals surface area contributed by atoms with Gasteiger partial charge in [0, 0.05) is 50.6 Å². The van der Waals surface area contributed by atoms with Crippen LogP contribution in [0.1, 0.15) is 42.4 Å². The van der Waals surface area contributed by atoms with Crippen molar-refractivity contribution in [1.82, 2.24) is 10.6 Å². The summed E-state index contributed by atoms with van der Waals surface area (Å²) in [6.07, 6.45) is 1.18. The quantitative estimate of drug-likeness (QED) is 0.432. The van der Waals surface area contributed by atoms with Crippen molar-refractivity contribution in [2.24, 2.45) is 0 Å². The number of nitrogens with one attached hydrogen (secondary N) is 2. The second-order valence-corrected chi connectivity index (χ2v) is 7.64. The van der Waals surface area contributed by atoms with E-state index in [0.29, 0.717) is 39.1 Å². The Balaban J connectivity index is 1.49. The molecule has 0 atom stereocenters. The summed E-state index contributed by atoms with van der Waals surface area (Å²) in [5.74, 6) is 6.02. The van der Waals surface area contributed by atoms with Crippen LogP contribution in [0.2, 0.25) is 0 Å². The lowest BCUT2D eigenvalue weighted by Crippen LogP contribution is -2.33. The molecule has 0 saturated carbocycles. The molecule has 2 aromatic rings. The predicted octanol–water partition coefficient (Wildman–Crippen LogP) is 2.37. The van der Waals surface area contributed by atoms with Crippen LogP contribution in [0.4, 0.5) is 5.69 Å². The molecular formula is C26H29N3O4. The van der Waals surface area contributed by atoms with E-state index in [1.54, 1.807) is 11.9 Å². The molecule has 0 spiro atoms. The Morgan fingerprint density at radius 3 is 2.45 bits per heavy atom. The number of benzene rings is 2. The minimum Gasteiger partial charge on any atom is -0.381 e. The van der Waals surface area contributed by atoms with E-state index in [9.17, 15) is 14.4 Å². The molecule has 1 heterocycles. The summed E-state index contributed by atoms with van der Waals surface area (Å²) in [7, 11) is 1.59. The number of para-hydroxylation sites is 1. The summed E-state index contributed by atoms with van der Waals surface area (Å²) in [4.78, 5) is 38.2. The van der Waals surface area contributed by atoms with Crippen molar-refractivity contribution in [3.05, 3.63) is 65.2 Å². The molecule has 0 radical (unpaired) electrons. The van der Waals surface area contributed by atoms with Crippen LogP contribution in [0.3, 0.4) is 0 Å². The number of rotatable bonds is 10. The monoisotopic (exact) mass is 447 g/mol. The van der Waals surface area contributed by atoms with Gasteiger partial charge in [0.1, 0.15) is 0 Å². The number of nitrogens with zero attached hydrogens (tertiary/aromatic N) is 1. The van der Waals surface area contributed by atoms with Gasteiger partial charge in [-0.15, -0.1) is 0 Å². The van der Waals surface area contributed by atoms with Crippen molar-refractivity contribution in [3.63, 3.8) is 0 Å². The third kappa shape index (κ3) is 7.19. The topological polar surface area (TPSA) is 87.7 Å². The molecule has 0 saturated heterocycles. The number of amides is 3. The average Bonchev–Trinajstić information content (AvgIpc) is 2.83. The second kappa shape index (κ2) is 12.4. The third-order valence-corrected chi connectivity index (χ3v) is 5.28. The van der Waals surface area contributed by atoms with Gasteiger partial charge in [-0.25, -0.2) is 0 Å². The molecule has 0 aromatic heterocycles. The van der Waals surface area contributed by atoms with Gasteiger partial charge in [0.05, 0.1) is 18.8 Å². The van der Waals surface area contributed by atoms with Gasteiger partial charge >= 0.3 is 0 Å². The normalized spacial score (nSPS) is 11.7. The Bertz CT molecular complexity index is 1050. The zero-order valence-electron chi connectivity index (χ0n) is 18.9. The summed E-state index contributed by atoms with van der Waals surface area (Å²) in [5, 5.41) is 5.35. The maximum atomic E-state index is 13.1. The molecule has 3 rings (SSSR count). The Morgan fingerprint density at radius 1 is 0.909 bits per heavy atom. The highest BCUT2D eigenvalue weighted by Gasteiger charge is 2.21. The SMILES string of the molecule is CNC(=O)CCOCCCNC(=O)CCC(=O)N1Cc2ccccc2C#Cc2ccccc21. The first-order chi connectivity index (χ1) is 16.1. The lowest BCUT2D eigenvalue weighted by molar-refractivity contribution is -0.125. The maximum Gasteiger partial charge on any atom is 0.227 e. The molecule has 172 valence electrons. The maximum absolute atomic E-state index is 13.1. The second-order valence-electron chi connectivity index (χ2n) is 7.64. The van der Waals surface area contributed by atoms with Crippen LogP contribution in [0.15, 0.2) is 48.5 Å². The van der Waals surface area contributed by atoms with E-state index in [0.717, 1.165) is 22.4 Å². The van der Waals surface area contributed by atoms with Gasteiger partial charge in [0.15, 0.2) is 0 Å². The van der Waals surface area contributed by atoms with E-state index in [2.05, 4.69) is 22.5 Å². The van der Waals surface area contributed by atoms with Crippen LogP contribution in [-0.2, 0) is 25.7 Å². The number of carbonyl (C=O) groups excluding carboxylic acids is 3.